The molecule has 1 atom stereocenters. The molecule has 22 heavy (non-hydrogen) atoms. The van der Waals surface area contributed by atoms with Crippen molar-refractivity contribution in [1.29, 1.82) is 0 Å². The predicted molar refractivity (Wildman–Crippen MR) is 87.8 cm³/mol. The molecule has 2 aromatic rings. The van der Waals surface area contributed by atoms with Gasteiger partial charge in [-0.3, -0.25) is 4.79 Å². The van der Waals surface area contributed by atoms with E-state index in [1.165, 1.54) is 0 Å². The Bertz CT molecular complexity index is 646. The number of carbonyl (C=O) groups excluding carboxylic acids is 1. The van der Waals surface area contributed by atoms with E-state index in [9.17, 15) is 4.79 Å². The fraction of sp³-hybridized carbons (Fsp3) is 0.235. The molecule has 5 heteroatoms. The van der Waals surface area contributed by atoms with Crippen molar-refractivity contribution in [3.05, 3.63) is 64.7 Å². The largest absolute Gasteiger partial charge is 0.496 e. The summed E-state index contributed by atoms with van der Waals surface area (Å²) in [5, 5.41) is 0.601. The summed E-state index contributed by atoms with van der Waals surface area (Å²) in [6.07, 6.45) is 0. The van der Waals surface area contributed by atoms with Crippen LogP contribution in [-0.4, -0.2) is 25.0 Å². The van der Waals surface area contributed by atoms with Crippen molar-refractivity contribution in [3.63, 3.8) is 0 Å². The van der Waals surface area contributed by atoms with Gasteiger partial charge in [0.2, 0.25) is 5.91 Å². The van der Waals surface area contributed by atoms with E-state index in [4.69, 9.17) is 22.1 Å². The summed E-state index contributed by atoms with van der Waals surface area (Å²) < 4.78 is 5.30. The number of hydrogen-bond donors (Lipinski definition) is 1. The van der Waals surface area contributed by atoms with E-state index < -0.39 is 6.04 Å². The summed E-state index contributed by atoms with van der Waals surface area (Å²) in [4.78, 5) is 14.0. The van der Waals surface area contributed by atoms with Crippen LogP contribution in [0.15, 0.2) is 48.5 Å². The van der Waals surface area contributed by atoms with Crippen LogP contribution in [0.2, 0.25) is 5.02 Å². The molecule has 0 radical (unpaired) electrons. The molecular weight excluding hydrogens is 300 g/mol. The molecule has 0 heterocycles. The number of nitrogens with two attached hydrogens (primary N) is 1. The second-order valence-corrected chi connectivity index (χ2v) is 5.48. The third-order valence-electron chi connectivity index (χ3n) is 3.45. The van der Waals surface area contributed by atoms with Crippen LogP contribution in [0.3, 0.4) is 0 Å². The number of carbonyl (C=O) groups is 1. The highest BCUT2D eigenvalue weighted by Gasteiger charge is 2.20. The number of rotatable bonds is 5. The number of nitrogens with zero attached hydrogens (tertiary/aromatic N) is 1. The van der Waals surface area contributed by atoms with Gasteiger partial charge in [-0.1, -0.05) is 41.9 Å². The molecule has 4 nitrogen and oxygen atoms in total. The Labute approximate surface area is 135 Å². The fourth-order valence-electron chi connectivity index (χ4n) is 2.24. The molecule has 2 aromatic carbocycles. The fourth-order valence-corrected chi connectivity index (χ4v) is 2.44. The number of methoxy groups -OCH3 is 1. The van der Waals surface area contributed by atoms with E-state index in [2.05, 4.69) is 0 Å². The zero-order chi connectivity index (χ0) is 16.1. The topological polar surface area (TPSA) is 55.6 Å². The summed E-state index contributed by atoms with van der Waals surface area (Å²) in [5.74, 6) is 0.533. The summed E-state index contributed by atoms with van der Waals surface area (Å²) >= 11 is 6.01. The van der Waals surface area contributed by atoms with Crippen LogP contribution >= 0.6 is 11.6 Å². The van der Waals surface area contributed by atoms with Crippen molar-refractivity contribution in [2.75, 3.05) is 14.2 Å². The molecule has 1 unspecified atom stereocenters. The lowest BCUT2D eigenvalue weighted by molar-refractivity contribution is -0.132. The van der Waals surface area contributed by atoms with Gasteiger partial charge in [0.1, 0.15) is 11.8 Å². The molecule has 1 amide bonds. The Morgan fingerprint density at radius 3 is 2.59 bits per heavy atom. The van der Waals surface area contributed by atoms with Crippen LogP contribution in [-0.2, 0) is 11.3 Å². The Morgan fingerprint density at radius 1 is 1.27 bits per heavy atom. The highest BCUT2D eigenvalue weighted by atomic mass is 35.5. The first-order chi connectivity index (χ1) is 10.5. The van der Waals surface area contributed by atoms with Crippen LogP contribution in [0.5, 0.6) is 5.75 Å². The maximum absolute atomic E-state index is 12.5. The molecule has 0 spiro atoms. The van der Waals surface area contributed by atoms with Crippen LogP contribution in [0.4, 0.5) is 0 Å². The zero-order valence-corrected chi connectivity index (χ0v) is 13.4. The monoisotopic (exact) mass is 318 g/mol. The van der Waals surface area contributed by atoms with Crippen molar-refractivity contribution in [2.24, 2.45) is 5.73 Å². The van der Waals surface area contributed by atoms with Crippen molar-refractivity contribution < 1.29 is 9.53 Å². The van der Waals surface area contributed by atoms with Crippen LogP contribution in [0.25, 0.3) is 0 Å². The number of hydrogen-bond acceptors (Lipinski definition) is 3. The molecule has 0 aliphatic heterocycles. The van der Waals surface area contributed by atoms with Gasteiger partial charge in [-0.2, -0.15) is 0 Å². The molecule has 0 bridgehead atoms. The molecule has 0 fully saturated rings. The Balaban J connectivity index is 2.13. The molecule has 0 aliphatic carbocycles. The second kappa shape index (κ2) is 7.29. The first-order valence-electron chi connectivity index (χ1n) is 6.91. The maximum Gasteiger partial charge on any atom is 0.244 e. The Hall–Kier alpha value is -2.04. The number of amides is 1. The molecule has 2 N–H and O–H groups in total. The molecule has 2 rings (SSSR count). The minimum Gasteiger partial charge on any atom is -0.496 e. The molecule has 0 aromatic heterocycles. The van der Waals surface area contributed by atoms with Crippen LogP contribution < -0.4 is 10.5 Å². The number of ether oxygens (including phenoxy) is 1. The van der Waals surface area contributed by atoms with Gasteiger partial charge >= 0.3 is 0 Å². The molecule has 0 aliphatic rings. The van der Waals surface area contributed by atoms with E-state index in [-0.39, 0.29) is 5.91 Å². The standard InChI is InChI=1S/C17H19ClN2O2/c1-20(11-13-10-14(18)8-9-15(13)22-2)17(21)16(19)12-6-4-3-5-7-12/h3-10,16H,11,19H2,1-2H3. The maximum atomic E-state index is 12.5. The highest BCUT2D eigenvalue weighted by Crippen LogP contribution is 2.24. The average Bonchev–Trinajstić information content (AvgIpc) is 2.54. The van der Waals surface area contributed by atoms with E-state index in [1.807, 2.05) is 30.3 Å². The van der Waals surface area contributed by atoms with Crippen LogP contribution in [0.1, 0.15) is 17.2 Å². The van der Waals surface area contributed by atoms with Crippen molar-refractivity contribution >= 4 is 17.5 Å². The molecule has 116 valence electrons. The van der Waals surface area contributed by atoms with Crippen molar-refractivity contribution in [3.8, 4) is 5.75 Å². The third-order valence-corrected chi connectivity index (χ3v) is 3.69. The summed E-state index contributed by atoms with van der Waals surface area (Å²) in [6.45, 7) is 0.378. The summed E-state index contributed by atoms with van der Waals surface area (Å²) in [7, 11) is 3.30. The van der Waals surface area contributed by atoms with Gasteiger partial charge in [-0.25, -0.2) is 0 Å². The summed E-state index contributed by atoms with van der Waals surface area (Å²) in [5.41, 5.74) is 7.67. The lowest BCUT2D eigenvalue weighted by atomic mass is 10.1. The van der Waals surface area contributed by atoms with Gasteiger partial charge in [0.25, 0.3) is 0 Å². The van der Waals surface area contributed by atoms with Crippen molar-refractivity contribution in [1.82, 2.24) is 4.90 Å². The van der Waals surface area contributed by atoms with Crippen molar-refractivity contribution in [2.45, 2.75) is 12.6 Å². The number of benzene rings is 2. The third kappa shape index (κ3) is 3.78. The first-order valence-corrected chi connectivity index (χ1v) is 7.28. The van der Waals surface area contributed by atoms with E-state index >= 15 is 0 Å². The SMILES string of the molecule is COc1ccc(Cl)cc1CN(C)C(=O)C(N)c1ccccc1. The highest BCUT2D eigenvalue weighted by molar-refractivity contribution is 6.30. The average molecular weight is 319 g/mol. The minimum atomic E-state index is -0.684. The predicted octanol–water partition coefficient (Wildman–Crippen LogP) is 3.01. The lowest BCUT2D eigenvalue weighted by Crippen LogP contribution is -2.35. The zero-order valence-electron chi connectivity index (χ0n) is 12.6. The van der Waals surface area contributed by atoms with Gasteiger partial charge in [-0.15, -0.1) is 0 Å². The van der Waals surface area contributed by atoms with Gasteiger partial charge < -0.3 is 15.4 Å². The van der Waals surface area contributed by atoms with Crippen LogP contribution in [0, 0.1) is 0 Å². The van der Waals surface area contributed by atoms with Gasteiger partial charge in [0, 0.05) is 24.2 Å². The smallest absolute Gasteiger partial charge is 0.244 e. The Morgan fingerprint density at radius 2 is 1.95 bits per heavy atom. The van der Waals surface area contributed by atoms with E-state index in [0.29, 0.717) is 17.3 Å². The lowest BCUT2D eigenvalue weighted by Gasteiger charge is -2.22. The van der Waals surface area contributed by atoms with Gasteiger partial charge in [0.05, 0.1) is 7.11 Å². The molecular formula is C17H19ClN2O2. The quantitative estimate of drug-likeness (QED) is 0.922. The number of halogens is 1. The Kier molecular flexibility index (Phi) is 5.41. The normalized spacial score (nSPS) is 11.8. The van der Waals surface area contributed by atoms with E-state index in [0.717, 1.165) is 11.1 Å². The molecule has 0 saturated heterocycles. The summed E-state index contributed by atoms with van der Waals surface area (Å²) in [6, 6.07) is 13.9. The number of likely N-dealkylation sites (N-methyl/N-ethyl adjacent to an activating group) is 1. The first kappa shape index (κ1) is 16.3. The second-order valence-electron chi connectivity index (χ2n) is 5.04. The van der Waals surface area contributed by atoms with Gasteiger partial charge in [-0.05, 0) is 23.8 Å². The minimum absolute atomic E-state index is 0.159. The van der Waals surface area contributed by atoms with E-state index in [1.54, 1.807) is 37.3 Å². The molecule has 0 saturated carbocycles. The van der Waals surface area contributed by atoms with Gasteiger partial charge in [0.15, 0.2) is 0 Å².